The number of carbonyl (C=O) groups is 1. The summed E-state index contributed by atoms with van der Waals surface area (Å²) in [7, 11) is 0. The number of nitrogen functional groups attached to an aromatic ring is 1. The van der Waals surface area contributed by atoms with Crippen molar-refractivity contribution in [1.82, 2.24) is 4.98 Å². The van der Waals surface area contributed by atoms with Crippen LogP contribution in [0.5, 0.6) is 0 Å². The Bertz CT molecular complexity index is 965. The molecule has 25 heavy (non-hydrogen) atoms. The highest BCUT2D eigenvalue weighted by Gasteiger charge is 2.22. The van der Waals surface area contributed by atoms with Crippen molar-refractivity contribution in [2.45, 2.75) is 0 Å². The molecule has 0 aliphatic rings. The van der Waals surface area contributed by atoms with Crippen LogP contribution in [0.1, 0.15) is 15.2 Å². The summed E-state index contributed by atoms with van der Waals surface area (Å²) in [6.07, 6.45) is 1.52. The van der Waals surface area contributed by atoms with E-state index < -0.39 is 5.91 Å². The van der Waals surface area contributed by atoms with Crippen molar-refractivity contribution in [1.29, 1.82) is 5.26 Å². The molecule has 0 saturated carbocycles. The lowest BCUT2D eigenvalue weighted by molar-refractivity contribution is 0.103. The van der Waals surface area contributed by atoms with Gasteiger partial charge in [-0.05, 0) is 24.3 Å². The minimum atomic E-state index is -0.449. The predicted molar refractivity (Wildman–Crippen MR) is 100 cm³/mol. The first kappa shape index (κ1) is 16.8. The number of nitrogens with zero attached hydrogens (tertiary/aromatic N) is 2. The number of nitrogens with one attached hydrogen (secondary N) is 2. The molecule has 2 aromatic heterocycles. The van der Waals surface area contributed by atoms with Gasteiger partial charge in [0.05, 0.1) is 11.4 Å². The molecule has 0 unspecified atom stereocenters. The van der Waals surface area contributed by atoms with Gasteiger partial charge in [-0.2, -0.15) is 5.26 Å². The second-order valence-corrected chi connectivity index (χ2v) is 6.33. The van der Waals surface area contributed by atoms with Crippen molar-refractivity contribution < 1.29 is 4.79 Å². The number of aromatic nitrogens is 1. The summed E-state index contributed by atoms with van der Waals surface area (Å²) >= 11 is 7.05. The Morgan fingerprint density at radius 2 is 2.00 bits per heavy atom. The molecule has 1 amide bonds. The van der Waals surface area contributed by atoms with E-state index in [9.17, 15) is 10.1 Å². The number of amides is 1. The number of thiophene rings is 1. The van der Waals surface area contributed by atoms with Crippen LogP contribution in [0.4, 0.5) is 22.1 Å². The van der Waals surface area contributed by atoms with Crippen molar-refractivity contribution in [3.05, 3.63) is 64.3 Å². The quantitative estimate of drug-likeness (QED) is 0.596. The first-order valence-electron chi connectivity index (χ1n) is 7.16. The zero-order chi connectivity index (χ0) is 17.8. The lowest BCUT2D eigenvalue weighted by Gasteiger charge is -2.05. The highest BCUT2D eigenvalue weighted by atomic mass is 35.5. The average molecular weight is 370 g/mol. The second kappa shape index (κ2) is 7.21. The van der Waals surface area contributed by atoms with Crippen molar-refractivity contribution >= 4 is 50.9 Å². The molecule has 2 heterocycles. The van der Waals surface area contributed by atoms with Crippen molar-refractivity contribution in [3.8, 4) is 6.07 Å². The number of halogens is 1. The first-order valence-corrected chi connectivity index (χ1v) is 8.36. The van der Waals surface area contributed by atoms with Crippen LogP contribution in [-0.2, 0) is 0 Å². The lowest BCUT2D eigenvalue weighted by Crippen LogP contribution is -2.12. The van der Waals surface area contributed by atoms with E-state index >= 15 is 0 Å². The molecule has 124 valence electrons. The summed E-state index contributed by atoms with van der Waals surface area (Å²) < 4.78 is 0. The average Bonchev–Trinajstić information content (AvgIpc) is 2.93. The van der Waals surface area contributed by atoms with E-state index in [0.717, 1.165) is 17.0 Å². The SMILES string of the molecule is N#Cc1c(Nc2ccccc2)sc(C(=O)Nc2cccnc2Cl)c1N. The predicted octanol–water partition coefficient (Wildman–Crippen LogP) is 4.25. The zero-order valence-electron chi connectivity index (χ0n) is 12.8. The molecule has 0 fully saturated rings. The number of hydrogen-bond acceptors (Lipinski definition) is 6. The number of rotatable bonds is 4. The number of para-hydroxylation sites is 1. The van der Waals surface area contributed by atoms with Crippen LogP contribution < -0.4 is 16.4 Å². The maximum atomic E-state index is 12.5. The van der Waals surface area contributed by atoms with Gasteiger partial charge >= 0.3 is 0 Å². The first-order chi connectivity index (χ1) is 12.1. The van der Waals surface area contributed by atoms with Crippen molar-refractivity contribution in [3.63, 3.8) is 0 Å². The van der Waals surface area contributed by atoms with Gasteiger partial charge in [0.15, 0.2) is 5.15 Å². The standard InChI is InChI=1S/C17H12ClN5OS/c18-15-12(7-4-8-21-15)23-16(24)14-13(20)11(9-19)17(25-14)22-10-5-2-1-3-6-10/h1-8,22H,20H2,(H,23,24). The molecule has 0 spiro atoms. The lowest BCUT2D eigenvalue weighted by atomic mass is 10.2. The van der Waals surface area contributed by atoms with E-state index in [2.05, 4.69) is 15.6 Å². The van der Waals surface area contributed by atoms with Crippen LogP contribution in [-0.4, -0.2) is 10.9 Å². The number of anilines is 4. The van der Waals surface area contributed by atoms with Crippen LogP contribution in [0.15, 0.2) is 48.7 Å². The zero-order valence-corrected chi connectivity index (χ0v) is 14.4. The minimum Gasteiger partial charge on any atom is -0.396 e. The molecular weight excluding hydrogens is 358 g/mol. The van der Waals surface area contributed by atoms with Gasteiger partial charge in [0.25, 0.3) is 5.91 Å². The highest BCUT2D eigenvalue weighted by Crippen LogP contribution is 2.37. The summed E-state index contributed by atoms with van der Waals surface area (Å²) in [6.45, 7) is 0. The molecular formula is C17H12ClN5OS. The van der Waals surface area contributed by atoms with E-state index in [1.165, 1.54) is 6.20 Å². The Kier molecular flexibility index (Phi) is 4.84. The van der Waals surface area contributed by atoms with Gasteiger partial charge in [0.2, 0.25) is 0 Å². The van der Waals surface area contributed by atoms with Crippen LogP contribution >= 0.6 is 22.9 Å². The maximum Gasteiger partial charge on any atom is 0.268 e. The number of nitrogens with two attached hydrogens (primary N) is 1. The number of hydrogen-bond donors (Lipinski definition) is 3. The monoisotopic (exact) mass is 369 g/mol. The highest BCUT2D eigenvalue weighted by molar-refractivity contribution is 7.19. The number of benzene rings is 1. The topological polar surface area (TPSA) is 104 Å². The molecule has 0 aliphatic heterocycles. The van der Waals surface area contributed by atoms with E-state index in [1.54, 1.807) is 12.1 Å². The fourth-order valence-electron chi connectivity index (χ4n) is 2.12. The summed E-state index contributed by atoms with van der Waals surface area (Å²) in [4.78, 5) is 16.6. The van der Waals surface area contributed by atoms with Gasteiger partial charge in [0.1, 0.15) is 21.5 Å². The molecule has 8 heteroatoms. The van der Waals surface area contributed by atoms with Gasteiger partial charge in [0, 0.05) is 11.9 Å². The van der Waals surface area contributed by atoms with Gasteiger partial charge in [-0.15, -0.1) is 11.3 Å². The molecule has 3 rings (SSSR count). The van der Waals surface area contributed by atoms with Crippen LogP contribution in [0, 0.1) is 11.3 Å². The number of pyridine rings is 1. The summed E-state index contributed by atoms with van der Waals surface area (Å²) in [6, 6.07) is 14.6. The van der Waals surface area contributed by atoms with Gasteiger partial charge in [-0.25, -0.2) is 4.98 Å². The maximum absolute atomic E-state index is 12.5. The normalized spacial score (nSPS) is 10.1. The van der Waals surface area contributed by atoms with Gasteiger partial charge in [-0.3, -0.25) is 4.79 Å². The third kappa shape index (κ3) is 3.55. The molecule has 0 radical (unpaired) electrons. The van der Waals surface area contributed by atoms with Crippen LogP contribution in [0.2, 0.25) is 5.15 Å². The molecule has 1 aromatic carbocycles. The van der Waals surface area contributed by atoms with E-state index in [1.807, 2.05) is 36.4 Å². The van der Waals surface area contributed by atoms with Gasteiger partial charge in [-0.1, -0.05) is 29.8 Å². The Balaban J connectivity index is 1.91. The molecule has 3 aromatic rings. The van der Waals surface area contributed by atoms with Crippen molar-refractivity contribution in [2.75, 3.05) is 16.4 Å². The van der Waals surface area contributed by atoms with E-state index in [4.69, 9.17) is 17.3 Å². The third-order valence-electron chi connectivity index (χ3n) is 3.30. The van der Waals surface area contributed by atoms with Gasteiger partial charge < -0.3 is 16.4 Å². The summed E-state index contributed by atoms with van der Waals surface area (Å²) in [5, 5.41) is 15.8. The molecule has 0 atom stereocenters. The molecule has 0 aliphatic carbocycles. The Labute approximate surface area is 152 Å². The van der Waals surface area contributed by atoms with Crippen LogP contribution in [0.3, 0.4) is 0 Å². The van der Waals surface area contributed by atoms with E-state index in [-0.39, 0.29) is 21.3 Å². The Hall–Kier alpha value is -3.08. The second-order valence-electron chi connectivity index (χ2n) is 4.95. The summed E-state index contributed by atoms with van der Waals surface area (Å²) in [5.41, 5.74) is 7.53. The smallest absolute Gasteiger partial charge is 0.268 e. The molecule has 0 saturated heterocycles. The molecule has 0 bridgehead atoms. The van der Waals surface area contributed by atoms with Crippen LogP contribution in [0.25, 0.3) is 0 Å². The summed E-state index contributed by atoms with van der Waals surface area (Å²) in [5.74, 6) is -0.449. The molecule has 6 nitrogen and oxygen atoms in total. The molecule has 4 N–H and O–H groups in total. The van der Waals surface area contributed by atoms with Crippen molar-refractivity contribution in [2.24, 2.45) is 0 Å². The largest absolute Gasteiger partial charge is 0.396 e. The number of nitriles is 1. The third-order valence-corrected chi connectivity index (χ3v) is 4.72. The fraction of sp³-hybridized carbons (Fsp3) is 0. The Morgan fingerprint density at radius 3 is 2.68 bits per heavy atom. The number of carbonyl (C=O) groups excluding carboxylic acids is 1. The fourth-order valence-corrected chi connectivity index (χ4v) is 3.28. The minimum absolute atomic E-state index is 0.128. The Morgan fingerprint density at radius 1 is 1.24 bits per heavy atom. The van der Waals surface area contributed by atoms with E-state index in [0.29, 0.717) is 10.7 Å².